The molecule has 0 fully saturated rings. The molecule has 6 heteroatoms. The van der Waals surface area contributed by atoms with Crippen molar-refractivity contribution < 1.29 is 9.53 Å². The molecule has 0 radical (unpaired) electrons. The van der Waals surface area contributed by atoms with Crippen LogP contribution < -0.4 is 10.1 Å². The average molecular weight is 446 g/mol. The Labute approximate surface area is 192 Å². The highest BCUT2D eigenvalue weighted by Gasteiger charge is 2.10. The molecular formula is C26H24ClN3O2. The molecule has 0 aliphatic heterocycles. The zero-order valence-corrected chi connectivity index (χ0v) is 18.8. The molecular weight excluding hydrogens is 422 g/mol. The number of halogens is 1. The summed E-state index contributed by atoms with van der Waals surface area (Å²) in [5, 5.41) is 7.82. The molecule has 0 spiro atoms. The van der Waals surface area contributed by atoms with Crippen molar-refractivity contribution in [3.05, 3.63) is 112 Å². The van der Waals surface area contributed by atoms with E-state index in [0.717, 1.165) is 16.7 Å². The maximum Gasteiger partial charge on any atom is 0.255 e. The molecule has 1 aromatic heterocycles. The van der Waals surface area contributed by atoms with E-state index in [1.807, 2.05) is 55.6 Å². The molecule has 4 aromatic rings. The van der Waals surface area contributed by atoms with Gasteiger partial charge in [-0.2, -0.15) is 5.10 Å². The topological polar surface area (TPSA) is 56.2 Å². The van der Waals surface area contributed by atoms with Crippen LogP contribution in [0.1, 0.15) is 32.6 Å². The smallest absolute Gasteiger partial charge is 0.255 e. The molecule has 1 heterocycles. The number of rotatable bonds is 7. The van der Waals surface area contributed by atoms with Crippen molar-refractivity contribution in [3.63, 3.8) is 0 Å². The van der Waals surface area contributed by atoms with Crippen LogP contribution in [0.4, 0.5) is 5.69 Å². The van der Waals surface area contributed by atoms with E-state index in [4.69, 9.17) is 16.3 Å². The third-order valence-corrected chi connectivity index (χ3v) is 5.30. The van der Waals surface area contributed by atoms with E-state index < -0.39 is 0 Å². The van der Waals surface area contributed by atoms with E-state index in [2.05, 4.69) is 35.5 Å². The van der Waals surface area contributed by atoms with E-state index in [0.29, 0.717) is 35.2 Å². The lowest BCUT2D eigenvalue weighted by molar-refractivity contribution is 0.102. The summed E-state index contributed by atoms with van der Waals surface area (Å²) in [6.45, 7) is 5.01. The molecule has 0 saturated heterocycles. The fourth-order valence-corrected chi connectivity index (χ4v) is 3.57. The van der Waals surface area contributed by atoms with Gasteiger partial charge in [-0.3, -0.25) is 9.48 Å². The highest BCUT2D eigenvalue weighted by Crippen LogP contribution is 2.26. The number of carbonyl (C=O) groups is 1. The molecule has 0 bridgehead atoms. The van der Waals surface area contributed by atoms with Crippen LogP contribution in [0.25, 0.3) is 0 Å². The lowest BCUT2D eigenvalue weighted by Gasteiger charge is -2.10. The number of ether oxygens (including phenoxy) is 1. The number of aromatic nitrogens is 2. The van der Waals surface area contributed by atoms with Gasteiger partial charge in [0.2, 0.25) is 0 Å². The van der Waals surface area contributed by atoms with Crippen LogP contribution in [-0.2, 0) is 13.2 Å². The SMILES string of the molecule is Cc1cccc(Cn2cc(NC(=O)c3cccc(COc4cc(C)ccc4Cl)c3)cn2)c1. The zero-order valence-electron chi connectivity index (χ0n) is 18.0. The fraction of sp³-hybridized carbons (Fsp3) is 0.154. The van der Waals surface area contributed by atoms with Crippen molar-refractivity contribution in [2.75, 3.05) is 5.32 Å². The number of amides is 1. The Morgan fingerprint density at radius 3 is 2.62 bits per heavy atom. The molecule has 0 aliphatic carbocycles. The second-order valence-electron chi connectivity index (χ2n) is 7.79. The molecule has 0 saturated carbocycles. The summed E-state index contributed by atoms with van der Waals surface area (Å²) >= 11 is 6.20. The standard InChI is InChI=1S/C26H24ClN3O2/c1-18-5-3-6-20(11-18)15-30-16-23(14-28-30)29-26(31)22-8-4-7-21(13-22)17-32-25-12-19(2)9-10-24(25)27/h3-14,16H,15,17H2,1-2H3,(H,29,31). The highest BCUT2D eigenvalue weighted by molar-refractivity contribution is 6.32. The second-order valence-corrected chi connectivity index (χ2v) is 8.20. The van der Waals surface area contributed by atoms with Gasteiger partial charge in [0.25, 0.3) is 5.91 Å². The maximum absolute atomic E-state index is 12.7. The summed E-state index contributed by atoms with van der Waals surface area (Å²) in [5.74, 6) is 0.429. The molecule has 4 rings (SSSR count). The highest BCUT2D eigenvalue weighted by atomic mass is 35.5. The second kappa shape index (κ2) is 9.71. The van der Waals surface area contributed by atoms with Crippen LogP contribution in [0, 0.1) is 13.8 Å². The first-order chi connectivity index (χ1) is 15.5. The van der Waals surface area contributed by atoms with Gasteiger partial charge in [0.1, 0.15) is 12.4 Å². The Kier molecular flexibility index (Phi) is 6.57. The molecule has 5 nitrogen and oxygen atoms in total. The first-order valence-corrected chi connectivity index (χ1v) is 10.7. The molecule has 162 valence electrons. The number of benzene rings is 3. The first kappa shape index (κ1) is 21.7. The summed E-state index contributed by atoms with van der Waals surface area (Å²) in [6, 6.07) is 21.3. The molecule has 0 atom stereocenters. The monoisotopic (exact) mass is 445 g/mol. The number of carbonyl (C=O) groups excluding carboxylic acids is 1. The number of nitrogens with one attached hydrogen (secondary N) is 1. The lowest BCUT2D eigenvalue weighted by Crippen LogP contribution is -2.12. The van der Waals surface area contributed by atoms with Gasteiger partial charge >= 0.3 is 0 Å². The largest absolute Gasteiger partial charge is 0.487 e. The van der Waals surface area contributed by atoms with Gasteiger partial charge in [-0.05, 0) is 54.8 Å². The van der Waals surface area contributed by atoms with Crippen molar-refractivity contribution >= 4 is 23.2 Å². The van der Waals surface area contributed by atoms with Crippen LogP contribution in [-0.4, -0.2) is 15.7 Å². The van der Waals surface area contributed by atoms with Gasteiger partial charge in [-0.15, -0.1) is 0 Å². The summed E-state index contributed by atoms with van der Waals surface area (Å²) in [7, 11) is 0. The van der Waals surface area contributed by atoms with E-state index in [1.165, 1.54) is 5.56 Å². The Morgan fingerprint density at radius 1 is 1.00 bits per heavy atom. The summed E-state index contributed by atoms with van der Waals surface area (Å²) in [6.07, 6.45) is 3.48. The van der Waals surface area contributed by atoms with Crippen molar-refractivity contribution in [3.8, 4) is 5.75 Å². The zero-order chi connectivity index (χ0) is 22.5. The third kappa shape index (κ3) is 5.56. The van der Waals surface area contributed by atoms with E-state index in [1.54, 1.807) is 16.9 Å². The van der Waals surface area contributed by atoms with Gasteiger partial charge in [-0.25, -0.2) is 0 Å². The Hall–Kier alpha value is -3.57. The molecule has 1 amide bonds. The lowest BCUT2D eigenvalue weighted by atomic mass is 10.1. The third-order valence-electron chi connectivity index (χ3n) is 4.99. The minimum absolute atomic E-state index is 0.199. The molecule has 1 N–H and O–H groups in total. The van der Waals surface area contributed by atoms with E-state index in [-0.39, 0.29) is 5.91 Å². The minimum Gasteiger partial charge on any atom is -0.487 e. The normalized spacial score (nSPS) is 10.7. The number of hydrogen-bond donors (Lipinski definition) is 1. The van der Waals surface area contributed by atoms with Crippen LogP contribution in [0.15, 0.2) is 79.1 Å². The van der Waals surface area contributed by atoms with Crippen LogP contribution in [0.5, 0.6) is 5.75 Å². The van der Waals surface area contributed by atoms with Crippen LogP contribution in [0.3, 0.4) is 0 Å². The fourth-order valence-electron chi connectivity index (χ4n) is 3.40. The van der Waals surface area contributed by atoms with Crippen molar-refractivity contribution in [1.82, 2.24) is 9.78 Å². The molecule has 0 aliphatic rings. The van der Waals surface area contributed by atoms with Gasteiger partial charge < -0.3 is 10.1 Å². The predicted molar refractivity (Wildman–Crippen MR) is 127 cm³/mol. The maximum atomic E-state index is 12.7. The van der Waals surface area contributed by atoms with Gasteiger partial charge in [0, 0.05) is 11.8 Å². The predicted octanol–water partition coefficient (Wildman–Crippen LogP) is 6.03. The number of nitrogens with zero attached hydrogens (tertiary/aromatic N) is 2. The number of hydrogen-bond acceptors (Lipinski definition) is 3. The molecule has 0 unspecified atom stereocenters. The molecule has 3 aromatic carbocycles. The van der Waals surface area contributed by atoms with Crippen molar-refractivity contribution in [2.45, 2.75) is 27.0 Å². The quantitative estimate of drug-likeness (QED) is 0.377. The number of anilines is 1. The summed E-state index contributed by atoms with van der Waals surface area (Å²) in [5.41, 5.74) is 5.51. The summed E-state index contributed by atoms with van der Waals surface area (Å²) < 4.78 is 7.65. The van der Waals surface area contributed by atoms with Gasteiger partial charge in [0.15, 0.2) is 0 Å². The summed E-state index contributed by atoms with van der Waals surface area (Å²) in [4.78, 5) is 12.7. The molecule has 32 heavy (non-hydrogen) atoms. The van der Waals surface area contributed by atoms with Crippen LogP contribution in [0.2, 0.25) is 5.02 Å². The van der Waals surface area contributed by atoms with E-state index in [9.17, 15) is 4.79 Å². The minimum atomic E-state index is -0.199. The average Bonchev–Trinajstić information content (AvgIpc) is 3.21. The van der Waals surface area contributed by atoms with Crippen molar-refractivity contribution in [2.24, 2.45) is 0 Å². The Balaban J connectivity index is 1.38. The Bertz CT molecular complexity index is 1250. The van der Waals surface area contributed by atoms with E-state index >= 15 is 0 Å². The van der Waals surface area contributed by atoms with Crippen LogP contribution >= 0.6 is 11.6 Å². The first-order valence-electron chi connectivity index (χ1n) is 10.3. The Morgan fingerprint density at radius 2 is 1.78 bits per heavy atom. The van der Waals surface area contributed by atoms with Gasteiger partial charge in [-0.1, -0.05) is 59.6 Å². The van der Waals surface area contributed by atoms with Crippen molar-refractivity contribution in [1.29, 1.82) is 0 Å². The van der Waals surface area contributed by atoms with Gasteiger partial charge in [0.05, 0.1) is 23.5 Å². The number of aryl methyl sites for hydroxylation is 2.